The number of hydrogen-bond acceptors (Lipinski definition) is 4. The molecule has 1 aliphatic rings. The van der Waals surface area contributed by atoms with Crippen LogP contribution in [0.5, 0.6) is 0 Å². The Morgan fingerprint density at radius 3 is 2.79 bits per heavy atom. The lowest BCUT2D eigenvalue weighted by molar-refractivity contribution is -0.126. The second kappa shape index (κ2) is 4.59. The summed E-state index contributed by atoms with van der Waals surface area (Å²) in [6, 6.07) is 0. The number of oxime groups is 1. The van der Waals surface area contributed by atoms with Crippen LogP contribution in [-0.2, 0) is 14.4 Å². The molecule has 1 fully saturated rings. The van der Waals surface area contributed by atoms with Crippen LogP contribution in [0.25, 0.3) is 0 Å². The van der Waals surface area contributed by atoms with E-state index in [-0.39, 0.29) is 11.7 Å². The van der Waals surface area contributed by atoms with E-state index in [0.29, 0.717) is 13.0 Å². The van der Waals surface area contributed by atoms with E-state index in [2.05, 4.69) is 15.3 Å². The first-order valence-electron chi connectivity index (χ1n) is 4.34. The van der Waals surface area contributed by atoms with E-state index in [0.717, 1.165) is 6.42 Å². The summed E-state index contributed by atoms with van der Waals surface area (Å²) in [5.74, 6) is -0.482. The number of carbonyl (C=O) groups excluding carboxylic acids is 2. The van der Waals surface area contributed by atoms with Crippen molar-refractivity contribution in [1.82, 2.24) is 10.2 Å². The fourth-order valence-corrected chi connectivity index (χ4v) is 1.28. The van der Waals surface area contributed by atoms with Crippen LogP contribution in [0.4, 0.5) is 0 Å². The molecule has 14 heavy (non-hydrogen) atoms. The number of likely N-dealkylation sites (N-methyl/N-ethyl adjacent to an activating group) is 1. The number of nitrogens with zero attached hydrogens (tertiary/aromatic N) is 2. The molecular formula is C8H13N3O3. The van der Waals surface area contributed by atoms with E-state index in [1.807, 2.05) is 0 Å². The SMILES string of the molecule is CNC(=O)/C(=N/OC)N1CCCC1=O. The van der Waals surface area contributed by atoms with E-state index in [1.54, 1.807) is 0 Å². The molecule has 2 amide bonds. The molecule has 0 spiro atoms. The topological polar surface area (TPSA) is 71.0 Å². The van der Waals surface area contributed by atoms with Gasteiger partial charge in [-0.05, 0) is 6.42 Å². The minimum absolute atomic E-state index is 0.0255. The van der Waals surface area contributed by atoms with Gasteiger partial charge in [0.1, 0.15) is 7.11 Å². The molecule has 0 radical (unpaired) electrons. The van der Waals surface area contributed by atoms with Crippen LogP contribution in [0.2, 0.25) is 0 Å². The minimum atomic E-state index is -0.415. The highest BCUT2D eigenvalue weighted by Crippen LogP contribution is 2.10. The van der Waals surface area contributed by atoms with Crippen LogP contribution in [0, 0.1) is 0 Å². The number of rotatable bonds is 1. The molecule has 0 saturated carbocycles. The maximum Gasteiger partial charge on any atom is 0.290 e. The lowest BCUT2D eigenvalue weighted by Gasteiger charge is -2.15. The van der Waals surface area contributed by atoms with Gasteiger partial charge >= 0.3 is 0 Å². The van der Waals surface area contributed by atoms with Crippen molar-refractivity contribution in [3.63, 3.8) is 0 Å². The van der Waals surface area contributed by atoms with Crippen molar-refractivity contribution in [1.29, 1.82) is 0 Å². The first-order valence-corrected chi connectivity index (χ1v) is 4.34. The molecular weight excluding hydrogens is 186 g/mol. The van der Waals surface area contributed by atoms with E-state index >= 15 is 0 Å². The summed E-state index contributed by atoms with van der Waals surface area (Å²) in [4.78, 5) is 28.5. The van der Waals surface area contributed by atoms with Gasteiger partial charge in [-0.25, -0.2) is 0 Å². The predicted molar refractivity (Wildman–Crippen MR) is 49.5 cm³/mol. The highest BCUT2D eigenvalue weighted by Gasteiger charge is 2.29. The van der Waals surface area contributed by atoms with Gasteiger partial charge in [-0.15, -0.1) is 0 Å². The summed E-state index contributed by atoms with van der Waals surface area (Å²) in [7, 11) is 2.82. The van der Waals surface area contributed by atoms with Gasteiger partial charge in [-0.3, -0.25) is 14.5 Å². The van der Waals surface area contributed by atoms with Crippen molar-refractivity contribution in [3.05, 3.63) is 0 Å². The lowest BCUT2D eigenvalue weighted by Crippen LogP contribution is -2.42. The summed E-state index contributed by atoms with van der Waals surface area (Å²) < 4.78 is 0. The van der Waals surface area contributed by atoms with Crippen molar-refractivity contribution in [2.45, 2.75) is 12.8 Å². The Morgan fingerprint density at radius 2 is 2.36 bits per heavy atom. The van der Waals surface area contributed by atoms with Crippen LogP contribution < -0.4 is 5.32 Å². The summed E-state index contributed by atoms with van der Waals surface area (Å²) >= 11 is 0. The Bertz CT molecular complexity index is 275. The molecule has 0 aliphatic carbocycles. The summed E-state index contributed by atoms with van der Waals surface area (Å²) in [5.41, 5.74) is 0. The highest BCUT2D eigenvalue weighted by atomic mass is 16.6. The Labute approximate surface area is 81.9 Å². The van der Waals surface area contributed by atoms with Crippen LogP contribution in [0.1, 0.15) is 12.8 Å². The van der Waals surface area contributed by atoms with Crippen molar-refractivity contribution in [2.24, 2.45) is 5.16 Å². The third kappa shape index (κ3) is 2.01. The zero-order valence-electron chi connectivity index (χ0n) is 8.24. The fraction of sp³-hybridized carbons (Fsp3) is 0.625. The molecule has 1 aliphatic heterocycles. The van der Waals surface area contributed by atoms with E-state index < -0.39 is 5.91 Å². The quantitative estimate of drug-likeness (QED) is 0.345. The highest BCUT2D eigenvalue weighted by molar-refractivity contribution is 6.40. The number of amidine groups is 1. The largest absolute Gasteiger partial charge is 0.397 e. The zero-order chi connectivity index (χ0) is 10.6. The number of hydrogen-bond donors (Lipinski definition) is 1. The number of amides is 2. The molecule has 0 atom stereocenters. The Morgan fingerprint density at radius 1 is 1.64 bits per heavy atom. The minimum Gasteiger partial charge on any atom is -0.397 e. The van der Waals surface area contributed by atoms with E-state index in [9.17, 15) is 9.59 Å². The van der Waals surface area contributed by atoms with E-state index in [4.69, 9.17) is 0 Å². The van der Waals surface area contributed by atoms with Crippen molar-refractivity contribution >= 4 is 17.6 Å². The van der Waals surface area contributed by atoms with Gasteiger partial charge in [-0.2, -0.15) is 0 Å². The van der Waals surface area contributed by atoms with Crippen molar-refractivity contribution in [3.8, 4) is 0 Å². The molecule has 1 rings (SSSR count). The maximum absolute atomic E-state index is 11.3. The van der Waals surface area contributed by atoms with Gasteiger partial charge in [0.05, 0.1) is 0 Å². The van der Waals surface area contributed by atoms with Gasteiger partial charge in [-0.1, -0.05) is 5.16 Å². The zero-order valence-corrected chi connectivity index (χ0v) is 8.24. The number of likely N-dealkylation sites (tertiary alicyclic amines) is 1. The third-order valence-corrected chi connectivity index (χ3v) is 1.94. The van der Waals surface area contributed by atoms with Gasteiger partial charge in [0.25, 0.3) is 5.91 Å². The van der Waals surface area contributed by atoms with Gasteiger partial charge in [0.2, 0.25) is 11.7 Å². The molecule has 6 heteroatoms. The Kier molecular flexibility index (Phi) is 3.44. The van der Waals surface area contributed by atoms with E-state index in [1.165, 1.54) is 19.1 Å². The molecule has 0 aromatic heterocycles. The summed E-state index contributed by atoms with van der Waals surface area (Å²) in [6.07, 6.45) is 1.21. The molecule has 78 valence electrons. The van der Waals surface area contributed by atoms with Crippen LogP contribution in [-0.4, -0.2) is 43.3 Å². The second-order valence-electron chi connectivity index (χ2n) is 2.83. The second-order valence-corrected chi connectivity index (χ2v) is 2.83. The van der Waals surface area contributed by atoms with Gasteiger partial charge in [0, 0.05) is 20.0 Å². The maximum atomic E-state index is 11.3. The molecule has 1 N–H and O–H groups in total. The van der Waals surface area contributed by atoms with Crippen LogP contribution in [0.15, 0.2) is 5.16 Å². The monoisotopic (exact) mass is 199 g/mol. The smallest absolute Gasteiger partial charge is 0.290 e. The fourth-order valence-electron chi connectivity index (χ4n) is 1.28. The summed E-state index contributed by atoms with van der Waals surface area (Å²) in [6.45, 7) is 0.522. The lowest BCUT2D eigenvalue weighted by atomic mass is 10.4. The first-order chi connectivity index (χ1) is 6.70. The molecule has 1 heterocycles. The van der Waals surface area contributed by atoms with Crippen LogP contribution in [0.3, 0.4) is 0 Å². The Hall–Kier alpha value is -1.59. The van der Waals surface area contributed by atoms with Gasteiger partial charge < -0.3 is 10.2 Å². The summed E-state index contributed by atoms with van der Waals surface area (Å²) in [5, 5.41) is 5.94. The molecule has 6 nitrogen and oxygen atoms in total. The van der Waals surface area contributed by atoms with Crippen molar-refractivity contribution in [2.75, 3.05) is 20.7 Å². The molecule has 0 unspecified atom stereocenters. The predicted octanol–water partition coefficient (Wildman–Crippen LogP) is -0.685. The normalized spacial score (nSPS) is 17.1. The number of nitrogens with one attached hydrogen (secondary N) is 1. The van der Waals surface area contributed by atoms with Crippen LogP contribution >= 0.6 is 0 Å². The average Bonchev–Trinajstić information content (AvgIpc) is 2.60. The average molecular weight is 199 g/mol. The third-order valence-electron chi connectivity index (χ3n) is 1.94. The van der Waals surface area contributed by atoms with Gasteiger partial charge in [0.15, 0.2) is 0 Å². The first kappa shape index (κ1) is 10.5. The molecule has 1 saturated heterocycles. The molecule has 0 aromatic carbocycles. The molecule has 0 aromatic rings. The number of carbonyl (C=O) groups is 2. The van der Waals surface area contributed by atoms with Crippen molar-refractivity contribution < 1.29 is 14.4 Å². The molecule has 0 bridgehead atoms. The Balaban J connectivity index is 2.82. The standard InChI is InChI=1S/C8H13N3O3/c1-9-8(13)7(10-14-2)11-5-3-4-6(11)12/h3-5H2,1-2H3,(H,9,13)/b10-7-.